The second-order valence-corrected chi connectivity index (χ2v) is 9.67. The van der Waals surface area contributed by atoms with Crippen molar-refractivity contribution in [2.24, 2.45) is 11.8 Å². The van der Waals surface area contributed by atoms with Crippen LogP contribution in [0.1, 0.15) is 24.0 Å². The summed E-state index contributed by atoms with van der Waals surface area (Å²) >= 11 is 6.24. The number of nitrogens with one attached hydrogen (secondary N) is 2. The van der Waals surface area contributed by atoms with Crippen LogP contribution in [0.5, 0.6) is 5.75 Å². The molecule has 4 unspecified atom stereocenters. The first kappa shape index (κ1) is 20.6. The highest BCUT2D eigenvalue weighted by Crippen LogP contribution is 2.53. The van der Waals surface area contributed by atoms with Gasteiger partial charge in [-0.15, -0.1) is 0 Å². The number of hydrogen-bond acceptors (Lipinski definition) is 4. The van der Waals surface area contributed by atoms with Crippen LogP contribution < -0.4 is 19.9 Å². The maximum atomic E-state index is 14.4. The molecule has 170 valence electrons. The van der Waals surface area contributed by atoms with E-state index < -0.39 is 29.1 Å². The molecule has 5 atom stereocenters. The van der Waals surface area contributed by atoms with Crippen molar-refractivity contribution in [2.75, 3.05) is 23.9 Å². The summed E-state index contributed by atoms with van der Waals surface area (Å²) in [5, 5.41) is 3.32. The van der Waals surface area contributed by atoms with Crippen LogP contribution in [0, 0.1) is 24.6 Å². The van der Waals surface area contributed by atoms with Gasteiger partial charge in [-0.2, -0.15) is 0 Å². The molecule has 2 aromatic carbocycles. The Morgan fingerprint density at radius 1 is 1.21 bits per heavy atom. The molecule has 0 bridgehead atoms. The van der Waals surface area contributed by atoms with Crippen LogP contribution in [-0.2, 0) is 19.9 Å². The third-order valence-corrected chi connectivity index (χ3v) is 8.29. The van der Waals surface area contributed by atoms with Crippen LogP contribution >= 0.6 is 11.6 Å². The first-order valence-corrected chi connectivity index (χ1v) is 11.4. The lowest BCUT2D eigenvalue weighted by molar-refractivity contribution is -0.948. The fourth-order valence-electron chi connectivity index (χ4n) is 6.66. The smallest absolute Gasteiger partial charge is 0.291 e. The van der Waals surface area contributed by atoms with Gasteiger partial charge < -0.3 is 15.0 Å². The van der Waals surface area contributed by atoms with Crippen molar-refractivity contribution >= 4 is 40.7 Å². The van der Waals surface area contributed by atoms with Crippen LogP contribution in [0.4, 0.5) is 15.8 Å². The Morgan fingerprint density at radius 2 is 2.00 bits per heavy atom. The number of methoxy groups -OCH3 is 1. The maximum absolute atomic E-state index is 14.4. The third-order valence-electron chi connectivity index (χ3n) is 7.88. The standard InChI is InChI=1S/C24H21ClFN3O4/c1-11-8-17(18(33-2)10-14(11)25)29-21(30)19-16-4-3-7-28(16)24(20(19)22(29)31)13-9-12(26)5-6-15(13)27-23(24)32/h5-6,8-10,16,19-20H,3-4,7H2,1-2H3,(H,27,32)/p+1/t16?,19?,20?,24-/m1/s1. The first-order chi connectivity index (χ1) is 15.8. The fraction of sp³-hybridized carbons (Fsp3) is 0.375. The third kappa shape index (κ3) is 2.40. The number of anilines is 2. The number of fused-ring (bicyclic) bond motifs is 7. The molecule has 3 amide bonds. The zero-order chi connectivity index (χ0) is 23.2. The molecule has 3 saturated heterocycles. The van der Waals surface area contributed by atoms with Gasteiger partial charge in [0.15, 0.2) is 0 Å². The number of imide groups is 1. The van der Waals surface area contributed by atoms with Crippen molar-refractivity contribution in [1.82, 2.24) is 0 Å². The summed E-state index contributed by atoms with van der Waals surface area (Å²) in [5.74, 6) is -2.92. The fourth-order valence-corrected chi connectivity index (χ4v) is 6.81. The Bertz CT molecular complexity index is 1270. The van der Waals surface area contributed by atoms with E-state index >= 15 is 0 Å². The Hall–Kier alpha value is -2.97. The minimum absolute atomic E-state index is 0.198. The van der Waals surface area contributed by atoms with Crippen molar-refractivity contribution in [2.45, 2.75) is 31.3 Å². The quantitative estimate of drug-likeness (QED) is 0.656. The highest BCUT2D eigenvalue weighted by atomic mass is 35.5. The summed E-state index contributed by atoms with van der Waals surface area (Å²) < 4.78 is 19.8. The van der Waals surface area contributed by atoms with Gasteiger partial charge >= 0.3 is 0 Å². The summed E-state index contributed by atoms with van der Waals surface area (Å²) in [6, 6.07) is 7.20. The molecule has 0 radical (unpaired) electrons. The summed E-state index contributed by atoms with van der Waals surface area (Å²) in [4.78, 5) is 43.5. The SMILES string of the molecule is COc1cc(Cl)c(C)cc1N1C(=O)C2C3CCC[NH+]3[C@@]3(C(=O)Nc4ccc(F)cc43)C2C1=O. The normalized spacial score (nSPS) is 31.8. The number of aryl methyl sites for hydroxylation is 1. The second kappa shape index (κ2) is 6.77. The molecule has 33 heavy (non-hydrogen) atoms. The number of rotatable bonds is 2. The van der Waals surface area contributed by atoms with Crippen LogP contribution in [-0.4, -0.2) is 37.4 Å². The molecule has 3 fully saturated rings. The summed E-state index contributed by atoms with van der Waals surface area (Å²) in [7, 11) is 1.45. The predicted molar refractivity (Wildman–Crippen MR) is 118 cm³/mol. The second-order valence-electron chi connectivity index (χ2n) is 9.26. The minimum Gasteiger partial charge on any atom is -0.495 e. The van der Waals surface area contributed by atoms with Crippen molar-refractivity contribution in [3.05, 3.63) is 52.3 Å². The van der Waals surface area contributed by atoms with Gasteiger partial charge in [-0.3, -0.25) is 14.4 Å². The lowest BCUT2D eigenvalue weighted by Gasteiger charge is -2.33. The van der Waals surface area contributed by atoms with E-state index in [1.807, 2.05) is 0 Å². The molecule has 0 aliphatic carbocycles. The summed E-state index contributed by atoms with van der Waals surface area (Å²) in [5.41, 5.74) is 0.637. The Morgan fingerprint density at radius 3 is 2.76 bits per heavy atom. The number of nitrogens with zero attached hydrogens (tertiary/aromatic N) is 1. The van der Waals surface area contributed by atoms with Gasteiger partial charge in [0.2, 0.25) is 17.4 Å². The van der Waals surface area contributed by atoms with Gasteiger partial charge in [0, 0.05) is 29.5 Å². The van der Waals surface area contributed by atoms with Crippen LogP contribution in [0.15, 0.2) is 30.3 Å². The molecule has 4 aliphatic rings. The number of benzene rings is 2. The van der Waals surface area contributed by atoms with Gasteiger partial charge in [0.05, 0.1) is 25.0 Å². The Balaban J connectivity index is 1.56. The van der Waals surface area contributed by atoms with E-state index in [-0.39, 0.29) is 17.9 Å². The predicted octanol–water partition coefficient (Wildman–Crippen LogP) is 1.81. The van der Waals surface area contributed by atoms with Crippen LogP contribution in [0.3, 0.4) is 0 Å². The van der Waals surface area contributed by atoms with Crippen LogP contribution in [0.2, 0.25) is 5.02 Å². The molecule has 1 spiro atoms. The zero-order valence-electron chi connectivity index (χ0n) is 18.1. The number of carbonyl (C=O) groups is 3. The van der Waals surface area contributed by atoms with Gasteiger partial charge in [-0.25, -0.2) is 9.29 Å². The van der Waals surface area contributed by atoms with Gasteiger partial charge in [0.25, 0.3) is 5.91 Å². The van der Waals surface area contributed by atoms with Crippen molar-refractivity contribution < 1.29 is 28.4 Å². The molecule has 6 rings (SSSR count). The molecule has 0 saturated carbocycles. The van der Waals surface area contributed by atoms with Crippen molar-refractivity contribution in [3.63, 3.8) is 0 Å². The lowest BCUT2D eigenvalue weighted by atomic mass is 9.75. The topological polar surface area (TPSA) is 80.2 Å². The summed E-state index contributed by atoms with van der Waals surface area (Å²) in [6.07, 6.45) is 1.55. The number of halogens is 2. The largest absolute Gasteiger partial charge is 0.495 e. The molecule has 4 aliphatic heterocycles. The number of ether oxygens (including phenoxy) is 1. The van der Waals surface area contributed by atoms with Crippen molar-refractivity contribution in [3.8, 4) is 5.75 Å². The van der Waals surface area contributed by atoms with Gasteiger partial charge in [-0.05, 0) is 36.8 Å². The molecule has 0 aromatic heterocycles. The minimum atomic E-state index is -1.33. The average Bonchev–Trinajstić information content (AvgIpc) is 3.48. The Kier molecular flexibility index (Phi) is 4.23. The van der Waals surface area contributed by atoms with Crippen molar-refractivity contribution in [1.29, 1.82) is 0 Å². The number of carbonyl (C=O) groups excluding carboxylic acids is 3. The molecular formula is C24H22ClFN3O4+. The number of hydrogen-bond donors (Lipinski definition) is 2. The van der Waals surface area contributed by atoms with E-state index in [4.69, 9.17) is 16.3 Å². The Labute approximate surface area is 194 Å². The number of amides is 3. The zero-order valence-corrected chi connectivity index (χ0v) is 18.8. The first-order valence-electron chi connectivity index (χ1n) is 11.0. The average molecular weight is 471 g/mol. The van der Waals surface area contributed by atoms with Gasteiger partial charge in [0.1, 0.15) is 29.4 Å². The molecule has 4 heterocycles. The highest BCUT2D eigenvalue weighted by Gasteiger charge is 2.78. The van der Waals surface area contributed by atoms with Crippen LogP contribution in [0.25, 0.3) is 0 Å². The van der Waals surface area contributed by atoms with E-state index in [2.05, 4.69) is 5.32 Å². The van der Waals surface area contributed by atoms with E-state index in [0.29, 0.717) is 39.8 Å². The van der Waals surface area contributed by atoms with Gasteiger partial charge in [-0.1, -0.05) is 11.6 Å². The highest BCUT2D eigenvalue weighted by molar-refractivity contribution is 6.32. The van der Waals surface area contributed by atoms with E-state index in [0.717, 1.165) is 22.6 Å². The van der Waals surface area contributed by atoms with E-state index in [1.54, 1.807) is 19.1 Å². The molecular weight excluding hydrogens is 449 g/mol. The molecule has 2 aromatic rings. The lowest BCUT2D eigenvalue weighted by Crippen LogP contribution is -3.19. The number of quaternary nitrogens is 1. The monoisotopic (exact) mass is 470 g/mol. The van der Waals surface area contributed by atoms with E-state index in [9.17, 15) is 18.8 Å². The molecule has 7 nitrogen and oxygen atoms in total. The summed E-state index contributed by atoms with van der Waals surface area (Å²) in [6.45, 7) is 2.43. The maximum Gasteiger partial charge on any atom is 0.291 e. The molecule has 2 N–H and O–H groups in total. The van der Waals surface area contributed by atoms with E-state index in [1.165, 1.54) is 25.3 Å². The molecule has 9 heteroatoms.